The lowest BCUT2D eigenvalue weighted by atomic mass is 9.78. The first-order chi connectivity index (χ1) is 27.8. The highest BCUT2D eigenvalue weighted by Crippen LogP contribution is 2.54. The molecule has 1 N–H and O–H groups in total. The van der Waals surface area contributed by atoms with E-state index in [1.54, 1.807) is 5.57 Å². The number of nitrogens with zero attached hydrogens (tertiary/aromatic N) is 3. The average Bonchev–Trinajstić information content (AvgIpc) is 3.81. The summed E-state index contributed by atoms with van der Waals surface area (Å²) in [5.74, 6) is 3.38. The van der Waals surface area contributed by atoms with Crippen LogP contribution in [0.25, 0.3) is 11.1 Å². The Morgan fingerprint density at radius 1 is 0.714 bits per heavy atom. The molecule has 5 aliphatic carbocycles. The van der Waals surface area contributed by atoms with Crippen molar-refractivity contribution in [3.05, 3.63) is 178 Å². The van der Waals surface area contributed by atoms with E-state index < -0.39 is 0 Å². The van der Waals surface area contributed by atoms with Gasteiger partial charge in [0.25, 0.3) is 0 Å². The van der Waals surface area contributed by atoms with Crippen LogP contribution in [0.1, 0.15) is 93.5 Å². The number of allylic oxidation sites excluding steroid dienone is 9. The molecule has 3 aromatic rings. The molecule has 0 amide bonds. The van der Waals surface area contributed by atoms with Gasteiger partial charge in [0.2, 0.25) is 0 Å². The fourth-order valence-corrected chi connectivity index (χ4v) is 10.5. The van der Waals surface area contributed by atoms with Gasteiger partial charge in [-0.05, 0) is 134 Å². The molecule has 5 nitrogen and oxygen atoms in total. The lowest BCUT2D eigenvalue weighted by molar-refractivity contribution is 0.269. The van der Waals surface area contributed by atoms with E-state index in [9.17, 15) is 0 Å². The molecule has 56 heavy (non-hydrogen) atoms. The van der Waals surface area contributed by atoms with Gasteiger partial charge in [-0.1, -0.05) is 97.1 Å². The second-order valence-electron chi connectivity index (χ2n) is 16.4. The maximum Gasteiger partial charge on any atom is 0.169 e. The minimum atomic E-state index is -0.319. The van der Waals surface area contributed by atoms with Crippen LogP contribution in [0.4, 0.5) is 5.69 Å². The Balaban J connectivity index is 1.07. The SMILES string of the molecule is C1=CCCC(C2=NC(c3ccccc3)N=C(C3=C(c4cccc5c4C4=CC6=C(CC4O5)[C@H]4CC=CCC4N6c4ccccc4)CCC(C4=CCCCC4)=C3)N2)=C1. The van der Waals surface area contributed by atoms with Crippen LogP contribution in [0.2, 0.25) is 0 Å². The normalized spacial score (nSPS) is 26.4. The Kier molecular flexibility index (Phi) is 8.48. The predicted molar refractivity (Wildman–Crippen MR) is 229 cm³/mol. The Hall–Kier alpha value is -5.68. The van der Waals surface area contributed by atoms with Crippen molar-refractivity contribution in [3.8, 4) is 5.75 Å². The van der Waals surface area contributed by atoms with Crippen molar-refractivity contribution in [1.29, 1.82) is 0 Å². The molecule has 0 spiro atoms. The van der Waals surface area contributed by atoms with Gasteiger partial charge in [0, 0.05) is 46.5 Å². The molecule has 3 aliphatic heterocycles. The highest BCUT2D eigenvalue weighted by molar-refractivity contribution is 6.20. The minimum Gasteiger partial charge on any atom is -0.485 e. The molecule has 0 saturated heterocycles. The first-order valence-corrected chi connectivity index (χ1v) is 21.0. The summed E-state index contributed by atoms with van der Waals surface area (Å²) in [5, 5.41) is 3.83. The number of anilines is 1. The quantitative estimate of drug-likeness (QED) is 0.257. The zero-order valence-electron chi connectivity index (χ0n) is 32.0. The molecule has 3 aromatic carbocycles. The van der Waals surface area contributed by atoms with Gasteiger partial charge in [0.1, 0.15) is 23.5 Å². The second kappa shape index (κ2) is 14.1. The summed E-state index contributed by atoms with van der Waals surface area (Å²) in [4.78, 5) is 13.4. The van der Waals surface area contributed by atoms with Crippen molar-refractivity contribution in [2.75, 3.05) is 4.90 Å². The number of rotatable bonds is 6. The Morgan fingerprint density at radius 3 is 2.41 bits per heavy atom. The molecule has 5 heteroatoms. The zero-order valence-corrected chi connectivity index (χ0v) is 32.0. The fraction of sp³-hybridized carbons (Fsp3) is 0.294. The van der Waals surface area contributed by atoms with Gasteiger partial charge < -0.3 is 15.0 Å². The standard InChI is InChI=1S/C51H48N4O/c1-5-16-33(17-6-1)36-28-29-38(42(30-36)51-53-49(34-18-7-2-8-19-34)52-50(54-51)35-20-9-3-10-21-35)40-25-15-27-46-48(40)43-31-45-41(32-47(43)56-46)39-24-13-14-26-44(39)55(45)37-22-11-4-12-23-37/h2-4,7-9,11-16,18-20,22-23,25,27,30-31,39,44,47,49H,1,5-6,10,17,21,24,26,28-29,32H2,(H,52,53,54)/t39-,44?,47?,49?/m1/s1. The minimum absolute atomic E-state index is 0.0240. The zero-order chi connectivity index (χ0) is 37.0. The monoisotopic (exact) mass is 732 g/mol. The number of amidine groups is 2. The van der Waals surface area contributed by atoms with Gasteiger partial charge in [-0.15, -0.1) is 0 Å². The van der Waals surface area contributed by atoms with Crippen LogP contribution in [0, 0.1) is 5.92 Å². The van der Waals surface area contributed by atoms with E-state index in [-0.39, 0.29) is 12.3 Å². The summed E-state index contributed by atoms with van der Waals surface area (Å²) < 4.78 is 6.97. The van der Waals surface area contributed by atoms with Crippen molar-refractivity contribution in [3.63, 3.8) is 0 Å². The Labute approximate surface area is 330 Å². The molecule has 11 rings (SSSR count). The highest BCUT2D eigenvalue weighted by atomic mass is 16.5. The van der Waals surface area contributed by atoms with Crippen molar-refractivity contribution < 1.29 is 4.74 Å². The molecule has 3 heterocycles. The lowest BCUT2D eigenvalue weighted by Crippen LogP contribution is -2.37. The van der Waals surface area contributed by atoms with Gasteiger partial charge >= 0.3 is 0 Å². The van der Waals surface area contributed by atoms with E-state index in [4.69, 9.17) is 14.7 Å². The van der Waals surface area contributed by atoms with Crippen molar-refractivity contribution in [1.82, 2.24) is 5.32 Å². The van der Waals surface area contributed by atoms with Crippen LogP contribution in [-0.2, 0) is 0 Å². The van der Waals surface area contributed by atoms with Gasteiger partial charge in [-0.2, -0.15) is 0 Å². The van der Waals surface area contributed by atoms with E-state index in [0.717, 1.165) is 74.4 Å². The third kappa shape index (κ3) is 5.82. The number of fused-ring (bicyclic) bond motifs is 5. The van der Waals surface area contributed by atoms with Crippen LogP contribution < -0.4 is 15.0 Å². The molecule has 3 unspecified atom stereocenters. The number of ether oxygens (including phenoxy) is 1. The van der Waals surface area contributed by atoms with Gasteiger partial charge in [0.05, 0.1) is 0 Å². The maximum atomic E-state index is 6.97. The van der Waals surface area contributed by atoms with Gasteiger partial charge in [-0.25, -0.2) is 9.98 Å². The van der Waals surface area contributed by atoms with Crippen LogP contribution in [0.5, 0.6) is 5.75 Å². The topological polar surface area (TPSA) is 49.2 Å². The largest absolute Gasteiger partial charge is 0.485 e. The summed E-state index contributed by atoms with van der Waals surface area (Å²) in [7, 11) is 0. The van der Waals surface area contributed by atoms with Gasteiger partial charge in [-0.3, -0.25) is 0 Å². The summed E-state index contributed by atoms with van der Waals surface area (Å²) in [6.45, 7) is 0. The van der Waals surface area contributed by atoms with Crippen molar-refractivity contribution in [2.45, 2.75) is 88.9 Å². The Bertz CT molecular complexity index is 2420. The molecule has 0 aromatic heterocycles. The van der Waals surface area contributed by atoms with E-state index in [1.807, 2.05) is 0 Å². The number of aliphatic imine (C=N–C) groups is 2. The van der Waals surface area contributed by atoms with Crippen LogP contribution >= 0.6 is 0 Å². The summed E-state index contributed by atoms with van der Waals surface area (Å²) in [6, 6.07) is 28.8. The first kappa shape index (κ1) is 33.6. The maximum absolute atomic E-state index is 6.97. The molecule has 0 radical (unpaired) electrons. The van der Waals surface area contributed by atoms with Crippen LogP contribution in [0.15, 0.2) is 171 Å². The molecule has 4 atom stereocenters. The first-order valence-electron chi connectivity index (χ1n) is 21.0. The van der Waals surface area contributed by atoms with Gasteiger partial charge in [0.15, 0.2) is 6.17 Å². The lowest BCUT2D eigenvalue weighted by Gasteiger charge is -2.33. The van der Waals surface area contributed by atoms with Crippen LogP contribution in [-0.4, -0.2) is 23.8 Å². The number of nitrogens with one attached hydrogen (secondary N) is 1. The molecular formula is C51H48N4O. The number of hydrogen-bond donors (Lipinski definition) is 1. The van der Waals surface area contributed by atoms with E-state index in [1.165, 1.54) is 75.2 Å². The van der Waals surface area contributed by atoms with Crippen LogP contribution in [0.3, 0.4) is 0 Å². The Morgan fingerprint density at radius 2 is 1.57 bits per heavy atom. The van der Waals surface area contributed by atoms with E-state index >= 15 is 0 Å². The van der Waals surface area contributed by atoms with E-state index in [2.05, 4.69) is 138 Å². The molecule has 0 fully saturated rings. The molecular weight excluding hydrogens is 685 g/mol. The second-order valence-corrected chi connectivity index (χ2v) is 16.4. The third-order valence-electron chi connectivity index (χ3n) is 13.2. The number of hydrogen-bond acceptors (Lipinski definition) is 5. The summed E-state index contributed by atoms with van der Waals surface area (Å²) in [5.41, 5.74) is 15.9. The number of para-hydroxylation sites is 1. The molecule has 0 saturated carbocycles. The number of benzene rings is 3. The average molecular weight is 733 g/mol. The van der Waals surface area contributed by atoms with Crippen molar-refractivity contribution >= 4 is 28.5 Å². The highest BCUT2D eigenvalue weighted by Gasteiger charge is 2.46. The molecule has 0 bridgehead atoms. The third-order valence-corrected chi connectivity index (χ3v) is 13.2. The summed E-state index contributed by atoms with van der Waals surface area (Å²) >= 11 is 0. The molecule has 278 valence electrons. The fourth-order valence-electron chi connectivity index (χ4n) is 10.5. The predicted octanol–water partition coefficient (Wildman–Crippen LogP) is 11.7. The molecule has 8 aliphatic rings. The smallest absolute Gasteiger partial charge is 0.169 e. The van der Waals surface area contributed by atoms with Crippen molar-refractivity contribution in [2.24, 2.45) is 15.9 Å². The summed E-state index contributed by atoms with van der Waals surface area (Å²) in [6.07, 6.45) is 30.5. The van der Waals surface area contributed by atoms with E-state index in [0.29, 0.717) is 12.0 Å².